The van der Waals surface area contributed by atoms with Gasteiger partial charge in [0.15, 0.2) is 23.0 Å². The minimum Gasteiger partial charge on any atom is -0.486 e. The van der Waals surface area contributed by atoms with E-state index >= 15 is 0 Å². The lowest BCUT2D eigenvalue weighted by molar-refractivity contribution is -0.134. The summed E-state index contributed by atoms with van der Waals surface area (Å²) in [5.74, 6) is 1.37. The third-order valence-corrected chi connectivity index (χ3v) is 4.79. The average molecular weight is 409 g/mol. The van der Waals surface area contributed by atoms with Gasteiger partial charge >= 0.3 is 0 Å². The van der Waals surface area contributed by atoms with Gasteiger partial charge in [0.25, 0.3) is 0 Å². The highest BCUT2D eigenvalue weighted by atomic mass is 16.6. The van der Waals surface area contributed by atoms with Gasteiger partial charge in [-0.1, -0.05) is 12.1 Å². The molecule has 0 atom stereocenters. The molecule has 30 heavy (non-hydrogen) atoms. The Morgan fingerprint density at radius 1 is 1.10 bits per heavy atom. The maximum Gasteiger partial charge on any atom is 0.243 e. The molecule has 2 amide bonds. The van der Waals surface area contributed by atoms with Crippen molar-refractivity contribution < 1.29 is 23.5 Å². The Kier molecular flexibility index (Phi) is 5.83. The van der Waals surface area contributed by atoms with Crippen molar-refractivity contribution in [3.8, 4) is 11.5 Å². The van der Waals surface area contributed by atoms with Crippen LogP contribution in [0.1, 0.15) is 19.2 Å². The average Bonchev–Trinajstić information content (AvgIpc) is 3.19. The lowest BCUT2D eigenvalue weighted by atomic mass is 10.2. The molecule has 0 saturated heterocycles. The van der Waals surface area contributed by atoms with Crippen molar-refractivity contribution >= 4 is 28.6 Å². The molecular formula is C22H23N3O5. The lowest BCUT2D eigenvalue weighted by Crippen LogP contribution is -2.38. The molecule has 2 heterocycles. The second kappa shape index (κ2) is 8.86. The van der Waals surface area contributed by atoms with Crippen LogP contribution in [0.3, 0.4) is 0 Å². The largest absolute Gasteiger partial charge is 0.486 e. The van der Waals surface area contributed by atoms with E-state index in [1.54, 1.807) is 18.2 Å². The molecule has 1 aliphatic rings. The molecule has 156 valence electrons. The molecule has 8 heteroatoms. The van der Waals surface area contributed by atoms with Crippen LogP contribution in [-0.2, 0) is 16.0 Å². The maximum atomic E-state index is 12.6. The number of carbonyl (C=O) groups is 2. The van der Waals surface area contributed by atoms with Gasteiger partial charge in [-0.2, -0.15) is 0 Å². The third kappa shape index (κ3) is 4.53. The zero-order valence-electron chi connectivity index (χ0n) is 16.7. The van der Waals surface area contributed by atoms with Crippen LogP contribution >= 0.6 is 0 Å². The fraction of sp³-hybridized carbons (Fsp3) is 0.318. The highest BCUT2D eigenvalue weighted by molar-refractivity contribution is 5.94. The number of aryl methyl sites for hydroxylation is 1. The van der Waals surface area contributed by atoms with Crippen LogP contribution in [0.5, 0.6) is 11.5 Å². The normalized spacial score (nSPS) is 12.6. The van der Waals surface area contributed by atoms with Crippen molar-refractivity contribution in [2.45, 2.75) is 19.8 Å². The Hall–Kier alpha value is -3.55. The van der Waals surface area contributed by atoms with Gasteiger partial charge in [-0.15, -0.1) is 0 Å². The minimum atomic E-state index is -0.274. The van der Waals surface area contributed by atoms with Crippen molar-refractivity contribution in [1.82, 2.24) is 9.88 Å². The van der Waals surface area contributed by atoms with E-state index in [0.29, 0.717) is 54.8 Å². The van der Waals surface area contributed by atoms with Gasteiger partial charge in [0, 0.05) is 31.1 Å². The zero-order valence-corrected chi connectivity index (χ0v) is 16.7. The van der Waals surface area contributed by atoms with Gasteiger partial charge in [-0.3, -0.25) is 9.59 Å². The van der Waals surface area contributed by atoms with Crippen LogP contribution < -0.4 is 14.8 Å². The molecule has 2 aromatic carbocycles. The predicted molar refractivity (Wildman–Crippen MR) is 111 cm³/mol. The number of nitrogens with zero attached hydrogens (tertiary/aromatic N) is 2. The number of likely N-dealkylation sites (N-methyl/N-ethyl adjacent to an activating group) is 1. The number of aromatic nitrogens is 1. The van der Waals surface area contributed by atoms with Gasteiger partial charge in [0.05, 0.1) is 6.54 Å². The van der Waals surface area contributed by atoms with Gasteiger partial charge < -0.3 is 24.1 Å². The monoisotopic (exact) mass is 409 g/mol. The number of hydrogen-bond acceptors (Lipinski definition) is 6. The number of anilines is 1. The second-order valence-electron chi connectivity index (χ2n) is 6.89. The SMILES string of the molecule is CCN(CC(=O)Nc1ccc2c(c1)OCCO2)C(=O)CCc1nc2ccccc2o1. The number of fused-ring (bicyclic) bond motifs is 2. The molecule has 0 fully saturated rings. The molecule has 0 bridgehead atoms. The van der Waals surface area contributed by atoms with Crippen LogP contribution in [0.25, 0.3) is 11.1 Å². The smallest absolute Gasteiger partial charge is 0.243 e. The number of ether oxygens (including phenoxy) is 2. The number of para-hydroxylation sites is 2. The summed E-state index contributed by atoms with van der Waals surface area (Å²) in [7, 11) is 0. The summed E-state index contributed by atoms with van der Waals surface area (Å²) in [6.07, 6.45) is 0.603. The summed E-state index contributed by atoms with van der Waals surface area (Å²) < 4.78 is 16.7. The quantitative estimate of drug-likeness (QED) is 0.645. The first kappa shape index (κ1) is 19.8. The zero-order chi connectivity index (χ0) is 20.9. The summed E-state index contributed by atoms with van der Waals surface area (Å²) in [5.41, 5.74) is 2.07. The summed E-state index contributed by atoms with van der Waals surface area (Å²) >= 11 is 0. The Morgan fingerprint density at radius 2 is 1.90 bits per heavy atom. The van der Waals surface area contributed by atoms with Gasteiger partial charge in [-0.25, -0.2) is 4.98 Å². The first-order valence-corrected chi connectivity index (χ1v) is 9.94. The Balaban J connectivity index is 1.31. The van der Waals surface area contributed by atoms with Crippen LogP contribution in [0, 0.1) is 0 Å². The summed E-state index contributed by atoms with van der Waals surface area (Å²) in [6, 6.07) is 12.7. The van der Waals surface area contributed by atoms with E-state index in [4.69, 9.17) is 13.9 Å². The molecule has 8 nitrogen and oxygen atoms in total. The number of rotatable bonds is 7. The Bertz CT molecular complexity index is 1030. The number of benzene rings is 2. The molecule has 0 unspecified atom stereocenters. The highest BCUT2D eigenvalue weighted by Crippen LogP contribution is 2.32. The van der Waals surface area contributed by atoms with Crippen LogP contribution in [0.4, 0.5) is 5.69 Å². The number of amides is 2. The third-order valence-electron chi connectivity index (χ3n) is 4.79. The van der Waals surface area contributed by atoms with Crippen molar-refractivity contribution in [3.63, 3.8) is 0 Å². The summed E-state index contributed by atoms with van der Waals surface area (Å²) in [5, 5.41) is 2.80. The van der Waals surface area contributed by atoms with Gasteiger partial charge in [0.2, 0.25) is 11.8 Å². The van der Waals surface area contributed by atoms with Gasteiger partial charge in [-0.05, 0) is 31.2 Å². The van der Waals surface area contributed by atoms with E-state index in [1.807, 2.05) is 31.2 Å². The van der Waals surface area contributed by atoms with Crippen LogP contribution in [-0.4, -0.2) is 48.0 Å². The van der Waals surface area contributed by atoms with Crippen molar-refractivity contribution in [3.05, 3.63) is 48.4 Å². The van der Waals surface area contributed by atoms with Crippen molar-refractivity contribution in [2.24, 2.45) is 0 Å². The van der Waals surface area contributed by atoms with Gasteiger partial charge in [0.1, 0.15) is 18.7 Å². The molecule has 1 N–H and O–H groups in total. The highest BCUT2D eigenvalue weighted by Gasteiger charge is 2.18. The fourth-order valence-electron chi connectivity index (χ4n) is 3.27. The van der Waals surface area contributed by atoms with Crippen LogP contribution in [0.15, 0.2) is 46.9 Å². The molecule has 0 radical (unpaired) electrons. The molecule has 0 aliphatic carbocycles. The molecule has 3 aromatic rings. The fourth-order valence-corrected chi connectivity index (χ4v) is 3.27. The first-order chi connectivity index (χ1) is 14.6. The van der Waals surface area contributed by atoms with E-state index in [9.17, 15) is 9.59 Å². The minimum absolute atomic E-state index is 0.0304. The lowest BCUT2D eigenvalue weighted by Gasteiger charge is -2.21. The number of hydrogen-bond donors (Lipinski definition) is 1. The number of carbonyl (C=O) groups excluding carboxylic acids is 2. The molecule has 0 saturated carbocycles. The Morgan fingerprint density at radius 3 is 2.70 bits per heavy atom. The van der Waals surface area contributed by atoms with Crippen molar-refractivity contribution in [2.75, 3.05) is 31.6 Å². The summed E-state index contributed by atoms with van der Waals surface area (Å²) in [6.45, 7) is 3.23. The van der Waals surface area contributed by atoms with E-state index in [2.05, 4.69) is 10.3 Å². The Labute approximate surface area is 173 Å². The van der Waals surface area contributed by atoms with Crippen molar-refractivity contribution in [1.29, 1.82) is 0 Å². The summed E-state index contributed by atoms with van der Waals surface area (Å²) in [4.78, 5) is 30.9. The first-order valence-electron chi connectivity index (χ1n) is 9.94. The molecule has 1 aromatic heterocycles. The number of oxazole rings is 1. The predicted octanol–water partition coefficient (Wildman–Crippen LogP) is 3.02. The molecule has 1 aliphatic heterocycles. The van der Waals surface area contributed by atoms with E-state index in [1.165, 1.54) is 4.90 Å². The van der Waals surface area contributed by atoms with E-state index in [-0.39, 0.29) is 24.8 Å². The molecular weight excluding hydrogens is 386 g/mol. The van der Waals surface area contributed by atoms with E-state index < -0.39 is 0 Å². The topological polar surface area (TPSA) is 93.9 Å². The standard InChI is InChI=1S/C22H23N3O5/c1-2-25(22(27)10-9-21-24-16-5-3-4-6-17(16)30-21)14-20(26)23-15-7-8-18-19(13-15)29-12-11-28-18/h3-8,13H,2,9-12,14H2,1H3,(H,23,26). The molecule has 4 rings (SSSR count). The van der Waals surface area contributed by atoms with E-state index in [0.717, 1.165) is 5.52 Å². The number of nitrogens with one attached hydrogen (secondary N) is 1. The molecule has 0 spiro atoms. The van der Waals surface area contributed by atoms with Crippen LogP contribution in [0.2, 0.25) is 0 Å². The maximum absolute atomic E-state index is 12.6. The second-order valence-corrected chi connectivity index (χ2v) is 6.89.